The number of aromatic nitrogens is 1. The second-order valence-corrected chi connectivity index (χ2v) is 6.48. The molecule has 4 heteroatoms. The summed E-state index contributed by atoms with van der Waals surface area (Å²) in [5.41, 5.74) is 2.38. The van der Waals surface area contributed by atoms with Gasteiger partial charge in [0.05, 0.1) is 0 Å². The molecule has 2 aromatic carbocycles. The Morgan fingerprint density at radius 1 is 0.741 bits per heavy atom. The molecule has 0 aliphatic carbocycles. The fourth-order valence-corrected chi connectivity index (χ4v) is 3.02. The average Bonchev–Trinajstić information content (AvgIpc) is 2.69. The number of carbonyl (C=O) groups excluding carboxylic acids is 2. The molecule has 0 spiro atoms. The Hall–Kier alpha value is -2.34. The summed E-state index contributed by atoms with van der Waals surface area (Å²) >= 11 is 0. The van der Waals surface area contributed by atoms with Gasteiger partial charge in [0.1, 0.15) is 7.05 Å². The average molecular weight is 471 g/mol. The summed E-state index contributed by atoms with van der Waals surface area (Å²) in [5, 5.41) is 0. The SMILES string of the molecule is C[n+]1ccc(C(CC(=O)c2ccccc2)CC(=O)c2ccccc2)cc1.[I-]. The van der Waals surface area contributed by atoms with E-state index in [9.17, 15) is 9.59 Å². The third-order valence-electron chi connectivity index (χ3n) is 4.53. The number of rotatable bonds is 7. The van der Waals surface area contributed by atoms with Crippen LogP contribution in [0.5, 0.6) is 0 Å². The Morgan fingerprint density at radius 3 is 1.56 bits per heavy atom. The van der Waals surface area contributed by atoms with E-state index in [1.807, 2.05) is 96.8 Å². The molecule has 0 N–H and O–H groups in total. The molecule has 138 valence electrons. The van der Waals surface area contributed by atoms with Crippen LogP contribution in [0.4, 0.5) is 0 Å². The largest absolute Gasteiger partial charge is 1.00 e. The molecule has 3 rings (SSSR count). The van der Waals surface area contributed by atoms with E-state index < -0.39 is 0 Å². The van der Waals surface area contributed by atoms with E-state index in [-0.39, 0.29) is 41.5 Å². The smallest absolute Gasteiger partial charge is 0.168 e. The first-order valence-corrected chi connectivity index (χ1v) is 8.75. The molecule has 3 nitrogen and oxygen atoms in total. The van der Waals surface area contributed by atoms with E-state index in [2.05, 4.69) is 0 Å². The molecule has 0 atom stereocenters. The van der Waals surface area contributed by atoms with Crippen molar-refractivity contribution in [2.75, 3.05) is 0 Å². The van der Waals surface area contributed by atoms with Crippen LogP contribution in [0.1, 0.15) is 45.0 Å². The molecule has 0 aliphatic heterocycles. The Labute approximate surface area is 177 Å². The lowest BCUT2D eigenvalue weighted by Gasteiger charge is -2.16. The summed E-state index contributed by atoms with van der Waals surface area (Å²) in [6.07, 6.45) is 4.53. The van der Waals surface area contributed by atoms with E-state index in [1.54, 1.807) is 0 Å². The zero-order valence-corrected chi connectivity index (χ0v) is 17.4. The topological polar surface area (TPSA) is 38.0 Å². The van der Waals surface area contributed by atoms with Crippen molar-refractivity contribution < 1.29 is 38.1 Å². The zero-order chi connectivity index (χ0) is 18.4. The highest BCUT2D eigenvalue weighted by Crippen LogP contribution is 2.26. The highest BCUT2D eigenvalue weighted by atomic mass is 127. The van der Waals surface area contributed by atoms with Crippen LogP contribution >= 0.6 is 0 Å². The van der Waals surface area contributed by atoms with Gasteiger partial charge in [-0.2, -0.15) is 0 Å². The molecule has 3 aromatic rings. The molecule has 27 heavy (non-hydrogen) atoms. The molecule has 0 unspecified atom stereocenters. The first-order chi connectivity index (χ1) is 12.6. The summed E-state index contributed by atoms with van der Waals surface area (Å²) < 4.78 is 1.94. The number of benzene rings is 2. The molecule has 1 aromatic heterocycles. The predicted molar refractivity (Wildman–Crippen MR) is 101 cm³/mol. The molecular formula is C23H22INO2. The lowest BCUT2D eigenvalue weighted by atomic mass is 9.87. The van der Waals surface area contributed by atoms with Gasteiger partial charge in [-0.25, -0.2) is 4.57 Å². The summed E-state index contributed by atoms with van der Waals surface area (Å²) in [5.74, 6) is -0.0222. The highest BCUT2D eigenvalue weighted by molar-refractivity contribution is 5.99. The van der Waals surface area contributed by atoms with Crippen molar-refractivity contribution in [2.45, 2.75) is 18.8 Å². The summed E-state index contributed by atoms with van der Waals surface area (Å²) in [4.78, 5) is 25.4. The van der Waals surface area contributed by atoms with Crippen LogP contribution < -0.4 is 28.5 Å². The van der Waals surface area contributed by atoms with Gasteiger partial charge in [-0.3, -0.25) is 9.59 Å². The second-order valence-electron chi connectivity index (χ2n) is 6.48. The van der Waals surface area contributed by atoms with Gasteiger partial charge in [-0.15, -0.1) is 0 Å². The summed E-state index contributed by atoms with van der Waals surface area (Å²) in [7, 11) is 1.95. The van der Waals surface area contributed by atoms with E-state index in [0.717, 1.165) is 5.56 Å². The first kappa shape index (κ1) is 21.0. The highest BCUT2D eigenvalue weighted by Gasteiger charge is 2.22. The molecular weight excluding hydrogens is 449 g/mol. The predicted octanol–water partition coefficient (Wildman–Crippen LogP) is 1.14. The maximum absolute atomic E-state index is 12.7. The Morgan fingerprint density at radius 2 is 1.15 bits per heavy atom. The normalized spacial score (nSPS) is 10.3. The first-order valence-electron chi connectivity index (χ1n) is 8.75. The molecule has 0 saturated carbocycles. The Bertz CT molecular complexity index is 824. The van der Waals surface area contributed by atoms with Crippen molar-refractivity contribution in [3.05, 3.63) is 102 Å². The van der Waals surface area contributed by atoms with Crippen molar-refractivity contribution in [2.24, 2.45) is 7.05 Å². The van der Waals surface area contributed by atoms with E-state index in [0.29, 0.717) is 24.0 Å². The molecule has 0 bridgehead atoms. The third-order valence-corrected chi connectivity index (χ3v) is 4.53. The van der Waals surface area contributed by atoms with Gasteiger partial charge >= 0.3 is 0 Å². The minimum absolute atomic E-state index is 0. The van der Waals surface area contributed by atoms with E-state index in [1.165, 1.54) is 0 Å². The van der Waals surface area contributed by atoms with E-state index >= 15 is 0 Å². The third kappa shape index (κ3) is 5.82. The van der Waals surface area contributed by atoms with Gasteiger partial charge in [-0.05, 0) is 11.5 Å². The molecule has 0 amide bonds. The van der Waals surface area contributed by atoms with Gasteiger partial charge in [0.2, 0.25) is 0 Å². The Balaban J connectivity index is 0.00000261. The Kier molecular flexibility index (Phi) is 7.85. The quantitative estimate of drug-likeness (QED) is 0.295. The molecule has 0 radical (unpaired) electrons. The zero-order valence-electron chi connectivity index (χ0n) is 15.2. The second kappa shape index (κ2) is 10.1. The van der Waals surface area contributed by atoms with Crippen molar-refractivity contribution in [1.29, 1.82) is 0 Å². The minimum atomic E-state index is -0.142. The molecule has 0 saturated heterocycles. The van der Waals surface area contributed by atoms with Crippen LogP contribution in [0.15, 0.2) is 85.2 Å². The number of hydrogen-bond acceptors (Lipinski definition) is 2. The van der Waals surface area contributed by atoms with Crippen LogP contribution in [0, 0.1) is 0 Å². The van der Waals surface area contributed by atoms with Gasteiger partial charge in [0.25, 0.3) is 0 Å². The standard InChI is InChI=1S/C23H22NO2.HI/c1-24-14-12-18(13-15-24)21(16-22(25)19-8-4-2-5-9-19)17-23(26)20-10-6-3-7-11-20;/h2-15,21H,16-17H2,1H3;1H/q+1;/p-1. The van der Waals surface area contributed by atoms with Gasteiger partial charge < -0.3 is 24.0 Å². The molecule has 0 fully saturated rings. The fourth-order valence-electron chi connectivity index (χ4n) is 3.02. The number of nitrogens with zero attached hydrogens (tertiary/aromatic N) is 1. The minimum Gasteiger partial charge on any atom is -1.00 e. The number of hydrogen-bond donors (Lipinski definition) is 0. The van der Waals surface area contributed by atoms with Crippen molar-refractivity contribution >= 4 is 11.6 Å². The lowest BCUT2D eigenvalue weighted by Crippen LogP contribution is -3.00. The number of aryl methyl sites for hydroxylation is 1. The summed E-state index contributed by atoms with van der Waals surface area (Å²) in [6.45, 7) is 0. The van der Waals surface area contributed by atoms with Gasteiger partial charge in [-0.1, -0.05) is 60.7 Å². The van der Waals surface area contributed by atoms with E-state index in [4.69, 9.17) is 0 Å². The van der Waals surface area contributed by atoms with Crippen LogP contribution in [0.3, 0.4) is 0 Å². The fraction of sp³-hybridized carbons (Fsp3) is 0.174. The number of carbonyl (C=O) groups is 2. The lowest BCUT2D eigenvalue weighted by molar-refractivity contribution is -0.671. The van der Waals surface area contributed by atoms with Crippen molar-refractivity contribution in [3.63, 3.8) is 0 Å². The van der Waals surface area contributed by atoms with Gasteiger partial charge in [0, 0.05) is 36.1 Å². The number of halogens is 1. The van der Waals surface area contributed by atoms with Crippen LogP contribution in [-0.4, -0.2) is 11.6 Å². The summed E-state index contributed by atoms with van der Waals surface area (Å²) in [6, 6.07) is 22.5. The van der Waals surface area contributed by atoms with Gasteiger partial charge in [0.15, 0.2) is 24.0 Å². The number of Topliss-reactive ketones (excluding diaryl/α,β-unsaturated/α-hetero) is 2. The van der Waals surface area contributed by atoms with Crippen LogP contribution in [-0.2, 0) is 7.05 Å². The maximum atomic E-state index is 12.7. The van der Waals surface area contributed by atoms with Crippen LogP contribution in [0.2, 0.25) is 0 Å². The number of pyridine rings is 1. The maximum Gasteiger partial charge on any atom is 0.168 e. The monoisotopic (exact) mass is 471 g/mol. The number of ketones is 2. The van der Waals surface area contributed by atoms with Crippen molar-refractivity contribution in [3.8, 4) is 0 Å². The molecule has 1 heterocycles. The molecule has 0 aliphatic rings. The van der Waals surface area contributed by atoms with Crippen LogP contribution in [0.25, 0.3) is 0 Å². The van der Waals surface area contributed by atoms with Crippen molar-refractivity contribution in [1.82, 2.24) is 0 Å².